The van der Waals surface area contributed by atoms with Crippen molar-refractivity contribution in [3.8, 4) is 0 Å². The predicted octanol–water partition coefficient (Wildman–Crippen LogP) is -1.53. The van der Waals surface area contributed by atoms with Gasteiger partial charge in [-0.3, -0.25) is 0 Å². The summed E-state index contributed by atoms with van der Waals surface area (Å²) >= 11 is 0. The van der Waals surface area contributed by atoms with Gasteiger partial charge in [-0.15, -0.1) is 0 Å². The van der Waals surface area contributed by atoms with Crippen LogP contribution in [-0.2, 0) is 0 Å². The van der Waals surface area contributed by atoms with Gasteiger partial charge in [0.05, 0.1) is 0 Å². The molecule has 0 saturated heterocycles. The quantitative estimate of drug-likeness (QED) is 0.316. The minimum atomic E-state index is -4.50. The van der Waals surface area contributed by atoms with Crippen LogP contribution in [0, 0.1) is 0 Å². The fraction of sp³-hybridized carbons (Fsp3) is 1.00. The second-order valence-electron chi connectivity index (χ2n) is 0.902. The Morgan fingerprint density at radius 3 is 1.17 bits per heavy atom. The molecule has 0 unspecified atom stereocenters. The average Bonchev–Trinajstić information content (AvgIpc) is 0.722. The van der Waals surface area contributed by atoms with Crippen molar-refractivity contribution in [3.63, 3.8) is 0 Å². The minimum absolute atomic E-state index is 0. The van der Waals surface area contributed by atoms with Crippen molar-refractivity contribution in [2.75, 3.05) is 0 Å². The van der Waals surface area contributed by atoms with Gasteiger partial charge in [-0.25, -0.2) is 0 Å². The van der Waals surface area contributed by atoms with Crippen molar-refractivity contribution < 1.29 is 31.8 Å². The fourth-order valence-corrected chi connectivity index (χ4v) is 0. The zero-order valence-electron chi connectivity index (χ0n) is 3.71. The van der Waals surface area contributed by atoms with E-state index in [1.165, 1.54) is 0 Å². The molecule has 0 N–H and O–H groups in total. The number of hydrogen-bond donors (Lipinski definition) is 0. The molecule has 0 radical (unpaired) electrons. The first kappa shape index (κ1) is 9.68. The van der Waals surface area contributed by atoms with Gasteiger partial charge >= 0.3 is 25.8 Å². The average molecular weight is 89.8 g/mol. The Morgan fingerprint density at radius 1 is 1.17 bits per heavy atom. The molecule has 6 heavy (non-hydrogen) atoms. The van der Waals surface area contributed by atoms with E-state index in [0.717, 1.165) is 0 Å². The van der Waals surface area contributed by atoms with Crippen LogP contribution < -0.4 is 18.9 Å². The van der Waals surface area contributed by atoms with Crippen LogP contribution in [0.15, 0.2) is 0 Å². The van der Waals surface area contributed by atoms with Gasteiger partial charge in [0.15, 0.2) is 0 Å². The van der Waals surface area contributed by atoms with Crippen LogP contribution in [0.4, 0.5) is 12.9 Å². The molecule has 0 aromatic heterocycles. The molecule has 0 aliphatic rings. The van der Waals surface area contributed by atoms with Gasteiger partial charge in [0.1, 0.15) is 0 Å². The summed E-state index contributed by atoms with van der Waals surface area (Å²) in [5.41, 5.74) is 0. The van der Waals surface area contributed by atoms with E-state index in [1.807, 2.05) is 0 Å². The zero-order chi connectivity index (χ0) is 4.50. The molecule has 0 rings (SSSR count). The monoisotopic (exact) mass is 90.0 g/mol. The molecule has 32 valence electrons. The first-order chi connectivity index (χ1) is 2.00. The van der Waals surface area contributed by atoms with Crippen molar-refractivity contribution in [1.29, 1.82) is 0 Å². The Labute approximate surface area is 46.3 Å². The van der Waals surface area contributed by atoms with Crippen LogP contribution in [0.2, 0.25) is 6.82 Å². The molecule has 0 bridgehead atoms. The van der Waals surface area contributed by atoms with Gasteiger partial charge in [-0.2, -0.15) is 0 Å². The minimum Gasteiger partial charge on any atom is -0.449 e. The van der Waals surface area contributed by atoms with Crippen LogP contribution in [0.5, 0.6) is 0 Å². The summed E-state index contributed by atoms with van der Waals surface area (Å²) in [6.45, 7) is -4.25. The van der Waals surface area contributed by atoms with Gasteiger partial charge in [0.2, 0.25) is 0 Å². The third kappa shape index (κ3) is 259. The summed E-state index contributed by atoms with van der Waals surface area (Å²) in [4.78, 5) is 0. The Bertz CT molecular complexity index is 26.3. The molecular weight excluding hydrogens is 86.8 g/mol. The molecule has 0 aromatic carbocycles. The standard InChI is InChI=1S/CH3BF3.Li/c1-2(3,4)5;/h1H3;/q-1;+1. The molecule has 0 aliphatic heterocycles. The fourth-order valence-electron chi connectivity index (χ4n) is 0. The van der Waals surface area contributed by atoms with E-state index < -0.39 is 6.98 Å². The van der Waals surface area contributed by atoms with E-state index >= 15 is 0 Å². The van der Waals surface area contributed by atoms with Gasteiger partial charge in [-0.05, 0) is 0 Å². The molecule has 5 heteroatoms. The van der Waals surface area contributed by atoms with E-state index in [1.54, 1.807) is 0 Å². The van der Waals surface area contributed by atoms with Crippen LogP contribution in [-0.4, -0.2) is 6.98 Å². The first-order valence-corrected chi connectivity index (χ1v) is 1.23. The van der Waals surface area contributed by atoms with Gasteiger partial charge in [0, 0.05) is 0 Å². The zero-order valence-corrected chi connectivity index (χ0v) is 3.71. The number of rotatable bonds is 0. The summed E-state index contributed by atoms with van der Waals surface area (Å²) < 4.78 is 31.2. The Balaban J connectivity index is 0. The van der Waals surface area contributed by atoms with Crippen molar-refractivity contribution in [1.82, 2.24) is 0 Å². The normalized spacial score (nSPS) is 10.0. The molecule has 0 fully saturated rings. The van der Waals surface area contributed by atoms with E-state index in [0.29, 0.717) is 0 Å². The molecular formula is CH3BF3Li. The van der Waals surface area contributed by atoms with Gasteiger partial charge in [-0.1, -0.05) is 6.82 Å². The summed E-state index contributed by atoms with van der Waals surface area (Å²) in [6.07, 6.45) is 0. The topological polar surface area (TPSA) is 0 Å². The van der Waals surface area contributed by atoms with E-state index in [4.69, 9.17) is 0 Å². The van der Waals surface area contributed by atoms with Crippen molar-refractivity contribution in [2.45, 2.75) is 6.82 Å². The van der Waals surface area contributed by atoms with Crippen LogP contribution in [0.1, 0.15) is 0 Å². The maximum Gasteiger partial charge on any atom is 1.00 e. The van der Waals surface area contributed by atoms with Crippen LogP contribution in [0.3, 0.4) is 0 Å². The SMILES string of the molecule is C[B-](F)(F)F.[Li+]. The van der Waals surface area contributed by atoms with Crippen molar-refractivity contribution >= 4 is 6.98 Å². The largest absolute Gasteiger partial charge is 1.00 e. The third-order valence-electron chi connectivity index (χ3n) is 0. The van der Waals surface area contributed by atoms with Gasteiger partial charge in [0.25, 0.3) is 0 Å². The maximum absolute atomic E-state index is 10.4. The maximum atomic E-state index is 10.4. The van der Waals surface area contributed by atoms with E-state index in [-0.39, 0.29) is 25.7 Å². The summed E-state index contributed by atoms with van der Waals surface area (Å²) in [5, 5.41) is 0. The molecule has 0 atom stereocenters. The van der Waals surface area contributed by atoms with Crippen molar-refractivity contribution in [3.05, 3.63) is 0 Å². The second-order valence-corrected chi connectivity index (χ2v) is 0.902. The summed E-state index contributed by atoms with van der Waals surface area (Å²) in [6, 6.07) is 0. The third-order valence-corrected chi connectivity index (χ3v) is 0. The Kier molecular flexibility index (Phi) is 4.19. The predicted molar refractivity (Wildman–Crippen MR) is 14.9 cm³/mol. The second kappa shape index (κ2) is 2.60. The molecule has 0 amide bonds. The summed E-state index contributed by atoms with van der Waals surface area (Å²) in [7, 11) is 0. The number of hydrogen-bond acceptors (Lipinski definition) is 0. The first-order valence-electron chi connectivity index (χ1n) is 1.23. The van der Waals surface area contributed by atoms with E-state index in [2.05, 4.69) is 0 Å². The van der Waals surface area contributed by atoms with Crippen LogP contribution >= 0.6 is 0 Å². The molecule has 0 aliphatic carbocycles. The Morgan fingerprint density at radius 2 is 1.17 bits per heavy atom. The molecule has 0 aromatic rings. The van der Waals surface area contributed by atoms with Crippen molar-refractivity contribution in [2.24, 2.45) is 0 Å². The molecule has 0 nitrogen and oxygen atoms in total. The molecule has 0 heterocycles. The van der Waals surface area contributed by atoms with Crippen LogP contribution in [0.25, 0.3) is 0 Å². The smallest absolute Gasteiger partial charge is 0.449 e. The van der Waals surface area contributed by atoms with Gasteiger partial charge < -0.3 is 12.9 Å². The summed E-state index contributed by atoms with van der Waals surface area (Å²) in [5.74, 6) is 0. The Hall–Kier alpha value is 0.452. The number of halogens is 3. The van der Waals surface area contributed by atoms with E-state index in [9.17, 15) is 12.9 Å². The molecule has 0 spiro atoms. The molecule has 0 saturated carbocycles.